The second-order valence-electron chi connectivity index (χ2n) is 3.92. The monoisotopic (exact) mass is 348 g/mol. The van der Waals surface area contributed by atoms with Gasteiger partial charge in [-0.1, -0.05) is 17.7 Å². The van der Waals surface area contributed by atoms with E-state index in [0.29, 0.717) is 12.0 Å². The molecular formula is C14H15N2O3Y-. The van der Waals surface area contributed by atoms with Crippen molar-refractivity contribution in [3.63, 3.8) is 0 Å². The van der Waals surface area contributed by atoms with Crippen LogP contribution in [0.1, 0.15) is 19.8 Å². The van der Waals surface area contributed by atoms with Crippen LogP contribution in [0.3, 0.4) is 0 Å². The topological polar surface area (TPSA) is 82.2 Å². The average molecular weight is 348 g/mol. The number of carbonyl (C=O) groups excluding carboxylic acids is 1. The van der Waals surface area contributed by atoms with Gasteiger partial charge < -0.3 is 10.4 Å². The molecule has 0 bridgehead atoms. The Kier molecular flexibility index (Phi) is 9.77. The summed E-state index contributed by atoms with van der Waals surface area (Å²) in [6.07, 6.45) is 14.4. The third-order valence-corrected chi connectivity index (χ3v) is 2.48. The number of nitrogens with zero attached hydrogens (tertiary/aromatic N) is 2. The zero-order valence-electron chi connectivity index (χ0n) is 11.2. The molecule has 2 aliphatic rings. The number of hydrogen-bond acceptors (Lipinski definition) is 5. The van der Waals surface area contributed by atoms with E-state index in [4.69, 9.17) is 10.4 Å². The van der Waals surface area contributed by atoms with Gasteiger partial charge in [-0.3, -0.25) is 10.9 Å². The maximum absolute atomic E-state index is 10.8. The SMILES string of the molecule is CC(=O)C1=CCC(/C=N/O)=C1.O/N=C/C1=C[C-]=CC1.[Y]. The molecule has 0 fully saturated rings. The van der Waals surface area contributed by atoms with Crippen LogP contribution in [-0.2, 0) is 37.5 Å². The Labute approximate surface area is 143 Å². The van der Waals surface area contributed by atoms with Crippen molar-refractivity contribution in [2.24, 2.45) is 10.3 Å². The van der Waals surface area contributed by atoms with Gasteiger partial charge in [0.1, 0.15) is 0 Å². The molecule has 0 atom stereocenters. The number of rotatable bonds is 3. The molecule has 0 saturated heterocycles. The largest absolute Gasteiger partial charge is 0.412 e. The summed E-state index contributed by atoms with van der Waals surface area (Å²) in [5, 5.41) is 21.9. The molecule has 20 heavy (non-hydrogen) atoms. The molecule has 0 heterocycles. The molecule has 0 aromatic rings. The van der Waals surface area contributed by atoms with Crippen molar-refractivity contribution in [2.45, 2.75) is 19.8 Å². The molecule has 0 spiro atoms. The Morgan fingerprint density at radius 3 is 2.35 bits per heavy atom. The Bertz CT molecular complexity index is 515. The minimum atomic E-state index is 0. The van der Waals surface area contributed by atoms with Crippen molar-refractivity contribution in [1.82, 2.24) is 0 Å². The fourth-order valence-corrected chi connectivity index (χ4v) is 1.52. The van der Waals surface area contributed by atoms with Crippen LogP contribution >= 0.6 is 0 Å². The molecule has 1 radical (unpaired) electrons. The van der Waals surface area contributed by atoms with Crippen LogP contribution in [0.2, 0.25) is 0 Å². The molecule has 0 unspecified atom stereocenters. The molecular weight excluding hydrogens is 333 g/mol. The van der Waals surface area contributed by atoms with E-state index >= 15 is 0 Å². The summed E-state index contributed by atoms with van der Waals surface area (Å²) < 4.78 is 0. The molecule has 2 aliphatic carbocycles. The van der Waals surface area contributed by atoms with Crippen LogP contribution in [0.25, 0.3) is 0 Å². The van der Waals surface area contributed by atoms with Crippen molar-refractivity contribution in [2.75, 3.05) is 0 Å². The summed E-state index contributed by atoms with van der Waals surface area (Å²) >= 11 is 0. The van der Waals surface area contributed by atoms with Gasteiger partial charge in [0.25, 0.3) is 0 Å². The van der Waals surface area contributed by atoms with Crippen molar-refractivity contribution < 1.29 is 47.9 Å². The minimum absolute atomic E-state index is 0. The zero-order valence-corrected chi connectivity index (χ0v) is 14.0. The molecule has 5 nitrogen and oxygen atoms in total. The molecule has 0 aromatic carbocycles. The quantitative estimate of drug-likeness (QED) is 0.356. The van der Waals surface area contributed by atoms with Gasteiger partial charge in [0, 0.05) is 38.3 Å². The van der Waals surface area contributed by atoms with E-state index in [1.165, 1.54) is 19.4 Å². The Morgan fingerprint density at radius 1 is 1.25 bits per heavy atom. The standard InChI is InChI=1S/C8H9NO2.C6H6NO.Y/c1-6(10)8-3-2-7(4-8)5-9-11;8-7-5-6-3-1-2-4-6;/h3-5,11H,2H2,1H3;1,4-5,8H,3H2;/q;-1;/b9-5+;7-5+;. The minimum Gasteiger partial charge on any atom is -0.412 e. The van der Waals surface area contributed by atoms with E-state index in [0.717, 1.165) is 17.6 Å². The fourth-order valence-electron chi connectivity index (χ4n) is 1.52. The Balaban J connectivity index is 0.000000359. The van der Waals surface area contributed by atoms with E-state index in [-0.39, 0.29) is 38.5 Å². The van der Waals surface area contributed by atoms with E-state index in [2.05, 4.69) is 16.4 Å². The predicted octanol–water partition coefficient (Wildman–Crippen LogP) is 2.43. The van der Waals surface area contributed by atoms with Crippen molar-refractivity contribution in [3.05, 3.63) is 47.1 Å². The fraction of sp³-hybridized carbons (Fsp3) is 0.214. The molecule has 103 valence electrons. The first-order chi connectivity index (χ1) is 9.17. The van der Waals surface area contributed by atoms with Gasteiger partial charge in [0.2, 0.25) is 0 Å². The van der Waals surface area contributed by atoms with Crippen LogP contribution in [0.4, 0.5) is 0 Å². The number of allylic oxidation sites excluding steroid dienone is 8. The number of oxime groups is 2. The third kappa shape index (κ3) is 6.73. The first-order valence-corrected chi connectivity index (χ1v) is 5.70. The van der Waals surface area contributed by atoms with Gasteiger partial charge in [-0.2, -0.15) is 11.6 Å². The zero-order chi connectivity index (χ0) is 14.1. The smallest absolute Gasteiger partial charge is 0.159 e. The third-order valence-electron chi connectivity index (χ3n) is 2.48. The van der Waals surface area contributed by atoms with E-state index in [9.17, 15) is 4.79 Å². The maximum Gasteiger partial charge on any atom is 0.159 e. The summed E-state index contributed by atoms with van der Waals surface area (Å²) in [6.45, 7) is 1.52. The first kappa shape index (κ1) is 18.7. The van der Waals surface area contributed by atoms with E-state index in [1.807, 2.05) is 12.2 Å². The van der Waals surface area contributed by atoms with Gasteiger partial charge in [0.05, 0.1) is 6.21 Å². The van der Waals surface area contributed by atoms with Crippen LogP contribution in [-0.4, -0.2) is 28.6 Å². The first-order valence-electron chi connectivity index (χ1n) is 5.70. The van der Waals surface area contributed by atoms with Gasteiger partial charge in [-0.25, -0.2) is 6.08 Å². The van der Waals surface area contributed by atoms with Crippen LogP contribution in [0.5, 0.6) is 0 Å². The molecule has 2 rings (SSSR count). The van der Waals surface area contributed by atoms with Crippen molar-refractivity contribution in [1.29, 1.82) is 0 Å². The molecule has 0 amide bonds. The predicted molar refractivity (Wildman–Crippen MR) is 72.5 cm³/mol. The second kappa shape index (κ2) is 10.5. The van der Waals surface area contributed by atoms with Gasteiger partial charge in [0.15, 0.2) is 5.78 Å². The molecule has 6 heteroatoms. The average Bonchev–Trinajstić information content (AvgIpc) is 3.02. The summed E-state index contributed by atoms with van der Waals surface area (Å²) in [4.78, 5) is 10.8. The van der Waals surface area contributed by atoms with E-state index < -0.39 is 0 Å². The van der Waals surface area contributed by atoms with Crippen molar-refractivity contribution >= 4 is 18.2 Å². The van der Waals surface area contributed by atoms with Crippen LogP contribution < -0.4 is 0 Å². The maximum atomic E-state index is 10.8. The summed E-state index contributed by atoms with van der Waals surface area (Å²) in [5.74, 6) is 0.0475. The number of Topliss-reactive ketones (excluding diaryl/α,β-unsaturated/α-hetero) is 1. The summed E-state index contributed by atoms with van der Waals surface area (Å²) in [6, 6.07) is 0. The summed E-state index contributed by atoms with van der Waals surface area (Å²) in [7, 11) is 0. The summed E-state index contributed by atoms with van der Waals surface area (Å²) in [5.41, 5.74) is 2.55. The number of ketones is 1. The van der Waals surface area contributed by atoms with Crippen LogP contribution in [0, 0.1) is 6.08 Å². The normalized spacial score (nSPS) is 16.4. The number of carbonyl (C=O) groups is 1. The molecule has 2 N–H and O–H groups in total. The molecule has 0 aromatic heterocycles. The van der Waals surface area contributed by atoms with Crippen molar-refractivity contribution in [3.8, 4) is 0 Å². The van der Waals surface area contributed by atoms with Crippen LogP contribution in [0.15, 0.2) is 51.3 Å². The van der Waals surface area contributed by atoms with Gasteiger partial charge in [-0.05, 0) is 31.2 Å². The van der Waals surface area contributed by atoms with E-state index in [1.54, 1.807) is 12.2 Å². The second-order valence-corrected chi connectivity index (χ2v) is 3.92. The molecule has 0 saturated carbocycles. The van der Waals surface area contributed by atoms with Gasteiger partial charge >= 0.3 is 0 Å². The number of hydrogen-bond donors (Lipinski definition) is 2. The Hall–Kier alpha value is -1.33. The molecule has 0 aliphatic heterocycles. The van der Waals surface area contributed by atoms with Gasteiger partial charge in [-0.15, -0.1) is 5.16 Å². The Morgan fingerprint density at radius 2 is 1.90 bits per heavy atom.